The molecule has 0 atom stereocenters. The summed E-state index contributed by atoms with van der Waals surface area (Å²) in [7, 11) is 0. The van der Waals surface area contributed by atoms with Crippen molar-refractivity contribution in [1.82, 2.24) is 5.43 Å². The van der Waals surface area contributed by atoms with Crippen LogP contribution in [0.2, 0.25) is 0 Å². The fourth-order valence-corrected chi connectivity index (χ4v) is 2.15. The first-order chi connectivity index (χ1) is 11.3. The van der Waals surface area contributed by atoms with Crippen LogP contribution in [0.5, 0.6) is 0 Å². The Morgan fingerprint density at radius 1 is 1.46 bits per heavy atom. The van der Waals surface area contributed by atoms with Crippen molar-refractivity contribution in [2.45, 2.75) is 13.8 Å². The quantitative estimate of drug-likeness (QED) is 0.451. The third-order valence-electron chi connectivity index (χ3n) is 2.50. The molecular weight excluding hydrogens is 382 g/mol. The maximum absolute atomic E-state index is 10.7. The van der Waals surface area contributed by atoms with E-state index in [1.54, 1.807) is 24.4 Å². The van der Waals surface area contributed by atoms with Gasteiger partial charge in [-0.05, 0) is 41.1 Å². The highest BCUT2D eigenvalue weighted by Crippen LogP contribution is 2.32. The number of nitrogens with one attached hydrogen (secondary N) is 1. The van der Waals surface area contributed by atoms with E-state index < -0.39 is 10.9 Å². The van der Waals surface area contributed by atoms with E-state index in [9.17, 15) is 10.1 Å². The van der Waals surface area contributed by atoms with Crippen LogP contribution in [-0.4, -0.2) is 28.8 Å². The van der Waals surface area contributed by atoms with Crippen molar-refractivity contribution in [2.24, 2.45) is 5.10 Å². The molecular formula is C15H16BrN3O5. The summed E-state index contributed by atoms with van der Waals surface area (Å²) >= 11 is 3.31. The number of nitrogens with zero attached hydrogens (tertiary/aromatic N) is 2. The second-order valence-corrected chi connectivity index (χ2v) is 5.27. The minimum absolute atomic E-state index is 0.0288. The van der Waals surface area contributed by atoms with Gasteiger partial charge >= 0.3 is 0 Å². The fraction of sp³-hybridized carbons (Fsp3) is 0.200. The lowest BCUT2D eigenvalue weighted by atomic mass is 10.1. The van der Waals surface area contributed by atoms with E-state index in [0.29, 0.717) is 16.0 Å². The third-order valence-corrected chi connectivity index (χ3v) is 3.15. The molecule has 0 amide bonds. The maximum atomic E-state index is 10.7. The lowest BCUT2D eigenvalue weighted by Gasteiger charge is -2.00. The van der Waals surface area contributed by atoms with Crippen molar-refractivity contribution in [3.05, 3.63) is 50.7 Å². The van der Waals surface area contributed by atoms with Crippen molar-refractivity contribution >= 4 is 33.8 Å². The van der Waals surface area contributed by atoms with E-state index in [1.165, 1.54) is 12.1 Å². The highest BCUT2D eigenvalue weighted by Gasteiger charge is 2.12. The average molecular weight is 398 g/mol. The first kappa shape index (κ1) is 19.4. The molecule has 1 heterocycles. The monoisotopic (exact) mass is 397 g/mol. The summed E-state index contributed by atoms with van der Waals surface area (Å²) in [5.74, 6) is 0.385. The number of rotatable bonds is 5. The predicted octanol–water partition coefficient (Wildman–Crippen LogP) is 3.65. The molecule has 0 bridgehead atoms. The van der Waals surface area contributed by atoms with E-state index in [2.05, 4.69) is 26.5 Å². The highest BCUT2D eigenvalue weighted by molar-refractivity contribution is 9.10. The molecule has 0 saturated carbocycles. The van der Waals surface area contributed by atoms with Gasteiger partial charge in [0.15, 0.2) is 0 Å². The number of carboxylic acid groups (broad SMARTS) is 1. The van der Waals surface area contributed by atoms with Gasteiger partial charge in [0.25, 0.3) is 11.7 Å². The summed E-state index contributed by atoms with van der Waals surface area (Å²) in [5.41, 5.74) is 3.58. The van der Waals surface area contributed by atoms with Crippen LogP contribution in [0.15, 0.2) is 44.3 Å². The van der Waals surface area contributed by atoms with Crippen LogP contribution in [-0.2, 0) is 4.79 Å². The third kappa shape index (κ3) is 6.21. The number of hydrogen-bond donors (Lipinski definition) is 2. The van der Waals surface area contributed by atoms with E-state index in [4.69, 9.17) is 14.3 Å². The lowest BCUT2D eigenvalue weighted by Crippen LogP contribution is -2.02. The number of nitro benzene ring substituents is 1. The summed E-state index contributed by atoms with van der Waals surface area (Å²) in [4.78, 5) is 19.2. The molecule has 0 unspecified atom stereocenters. The molecule has 128 valence electrons. The van der Waals surface area contributed by atoms with E-state index in [0.717, 1.165) is 19.0 Å². The number of non-ortho nitro benzene ring substituents is 1. The molecule has 0 radical (unpaired) electrons. The maximum Gasteiger partial charge on any atom is 0.300 e. The molecule has 2 aromatic rings. The van der Waals surface area contributed by atoms with Crippen molar-refractivity contribution in [3.63, 3.8) is 0 Å². The number of hydrazone groups is 1. The molecule has 0 aliphatic rings. The van der Waals surface area contributed by atoms with Gasteiger partial charge in [0.05, 0.1) is 11.1 Å². The number of nitro groups is 1. The van der Waals surface area contributed by atoms with Crippen molar-refractivity contribution in [3.8, 4) is 11.3 Å². The van der Waals surface area contributed by atoms with Gasteiger partial charge in [0.1, 0.15) is 11.5 Å². The Hall–Kier alpha value is -2.68. The van der Waals surface area contributed by atoms with Gasteiger partial charge < -0.3 is 14.9 Å². The minimum atomic E-state index is -0.833. The topological polar surface area (TPSA) is 118 Å². The van der Waals surface area contributed by atoms with Crippen LogP contribution in [0.4, 0.5) is 5.69 Å². The Morgan fingerprint density at radius 2 is 2.12 bits per heavy atom. The van der Waals surface area contributed by atoms with Crippen LogP contribution in [0, 0.1) is 10.1 Å². The zero-order chi connectivity index (χ0) is 18.1. The molecule has 24 heavy (non-hydrogen) atoms. The molecule has 0 spiro atoms. The first-order valence-electron chi connectivity index (χ1n) is 6.84. The molecule has 1 aromatic heterocycles. The molecule has 1 aromatic carbocycles. The predicted molar refractivity (Wildman–Crippen MR) is 93.1 cm³/mol. The second-order valence-electron chi connectivity index (χ2n) is 4.41. The number of carboxylic acids is 1. The summed E-state index contributed by atoms with van der Waals surface area (Å²) in [6.45, 7) is 3.76. The number of aliphatic carboxylic acids is 1. The van der Waals surface area contributed by atoms with Crippen LogP contribution in [0.1, 0.15) is 19.6 Å². The number of furan rings is 1. The van der Waals surface area contributed by atoms with Gasteiger partial charge in [-0.2, -0.15) is 5.10 Å². The summed E-state index contributed by atoms with van der Waals surface area (Å²) in [6, 6.07) is 8.11. The van der Waals surface area contributed by atoms with Crippen LogP contribution >= 0.6 is 15.9 Å². The van der Waals surface area contributed by atoms with Gasteiger partial charge in [0.2, 0.25) is 0 Å². The second kappa shape index (κ2) is 9.46. The Labute approximate surface area is 146 Å². The molecule has 0 aliphatic carbocycles. The molecule has 0 fully saturated rings. The van der Waals surface area contributed by atoms with Gasteiger partial charge in [-0.1, -0.05) is 0 Å². The summed E-state index contributed by atoms with van der Waals surface area (Å²) < 4.78 is 6.22. The number of benzene rings is 1. The largest absolute Gasteiger partial charge is 0.481 e. The normalized spacial score (nSPS) is 10.1. The molecule has 2 rings (SSSR count). The van der Waals surface area contributed by atoms with Crippen molar-refractivity contribution in [1.29, 1.82) is 0 Å². The van der Waals surface area contributed by atoms with Gasteiger partial charge in [0, 0.05) is 35.6 Å². The molecule has 2 N–H and O–H groups in total. The van der Waals surface area contributed by atoms with Gasteiger partial charge in [-0.15, -0.1) is 0 Å². The smallest absolute Gasteiger partial charge is 0.300 e. The molecule has 9 heteroatoms. The highest BCUT2D eigenvalue weighted by atomic mass is 79.9. The van der Waals surface area contributed by atoms with Crippen molar-refractivity contribution in [2.75, 3.05) is 6.54 Å². The first-order valence-corrected chi connectivity index (χ1v) is 7.64. The van der Waals surface area contributed by atoms with Crippen LogP contribution < -0.4 is 5.43 Å². The van der Waals surface area contributed by atoms with E-state index >= 15 is 0 Å². The average Bonchev–Trinajstić information content (AvgIpc) is 2.95. The Balaban J connectivity index is 0.000000648. The lowest BCUT2D eigenvalue weighted by molar-refractivity contribution is -0.384. The zero-order valence-electron chi connectivity index (χ0n) is 13.0. The number of halogens is 1. The van der Waals surface area contributed by atoms with E-state index in [-0.39, 0.29) is 5.69 Å². The molecule has 0 saturated heterocycles. The van der Waals surface area contributed by atoms with E-state index in [1.807, 2.05) is 6.92 Å². The fourth-order valence-electron chi connectivity index (χ4n) is 1.58. The SMILES string of the molecule is CC(=O)O.CCN/N=C/c1ccc(-c2ccc([N+](=O)[O-])cc2Br)o1. The minimum Gasteiger partial charge on any atom is -0.481 e. The zero-order valence-corrected chi connectivity index (χ0v) is 14.6. The van der Waals surface area contributed by atoms with Crippen molar-refractivity contribution < 1.29 is 19.2 Å². The van der Waals surface area contributed by atoms with Crippen LogP contribution in [0.25, 0.3) is 11.3 Å². The Morgan fingerprint density at radius 3 is 2.67 bits per heavy atom. The van der Waals surface area contributed by atoms with Gasteiger partial charge in [-0.3, -0.25) is 14.9 Å². The summed E-state index contributed by atoms with van der Waals surface area (Å²) in [5, 5.41) is 22.1. The summed E-state index contributed by atoms with van der Waals surface area (Å²) in [6.07, 6.45) is 1.58. The van der Waals surface area contributed by atoms with Crippen LogP contribution in [0.3, 0.4) is 0 Å². The molecule has 0 aliphatic heterocycles. The standard InChI is InChI=1S/C13H12BrN3O3.C2H4O2/c1-2-15-16-8-10-4-6-13(20-10)11-5-3-9(17(18)19)7-12(11)14;1-2(3)4/h3-8,15H,2H2,1H3;1H3,(H,3,4)/b16-8+;. The van der Waals surface area contributed by atoms with Gasteiger partial charge in [-0.25, -0.2) is 0 Å². The Kier molecular flexibility index (Phi) is 7.63. The number of hydrogen-bond acceptors (Lipinski definition) is 6. The molecule has 8 nitrogen and oxygen atoms in total. The number of carbonyl (C=O) groups is 1. The Bertz CT molecular complexity index is 738.